The van der Waals surface area contributed by atoms with Gasteiger partial charge in [-0.3, -0.25) is 9.59 Å². The number of aryl methyl sites for hydroxylation is 1. The molecule has 1 unspecified atom stereocenters. The van der Waals surface area contributed by atoms with Crippen LogP contribution in [0.15, 0.2) is 59.6 Å². The molecule has 1 heterocycles. The van der Waals surface area contributed by atoms with Crippen molar-refractivity contribution in [3.8, 4) is 10.4 Å². The van der Waals surface area contributed by atoms with Crippen molar-refractivity contribution in [2.75, 3.05) is 0 Å². The minimum Gasteiger partial charge on any atom is -0.481 e. The van der Waals surface area contributed by atoms with Gasteiger partial charge < -0.3 is 21.9 Å². The molecular weight excluding hydrogens is 426 g/mol. The van der Waals surface area contributed by atoms with Crippen molar-refractivity contribution in [2.45, 2.75) is 32.2 Å². The van der Waals surface area contributed by atoms with E-state index in [0.29, 0.717) is 11.7 Å². The van der Waals surface area contributed by atoms with Crippen LogP contribution in [0.25, 0.3) is 10.4 Å². The molecule has 8 nitrogen and oxygen atoms in total. The summed E-state index contributed by atoms with van der Waals surface area (Å²) in [7, 11) is 0. The highest BCUT2D eigenvalue weighted by Gasteiger charge is 2.19. The Kier molecular flexibility index (Phi) is 7.56. The summed E-state index contributed by atoms with van der Waals surface area (Å²) in [6, 6.07) is 17.0. The van der Waals surface area contributed by atoms with Gasteiger partial charge in [0.1, 0.15) is 0 Å². The minimum absolute atomic E-state index is 0.0431. The first-order valence-electron chi connectivity index (χ1n) is 10.0. The molecule has 0 radical (unpaired) electrons. The Morgan fingerprint density at radius 2 is 1.88 bits per heavy atom. The number of aliphatic carboxylic acids is 1. The summed E-state index contributed by atoms with van der Waals surface area (Å²) in [6.45, 7) is 2.22. The van der Waals surface area contributed by atoms with E-state index in [4.69, 9.17) is 11.5 Å². The van der Waals surface area contributed by atoms with E-state index in [1.807, 2.05) is 61.5 Å². The molecule has 9 heteroatoms. The van der Waals surface area contributed by atoms with Gasteiger partial charge in [-0.05, 0) is 29.7 Å². The Hall–Kier alpha value is -3.72. The summed E-state index contributed by atoms with van der Waals surface area (Å²) in [6.07, 6.45) is 0.00152. The van der Waals surface area contributed by atoms with Gasteiger partial charge in [-0.15, -0.1) is 0 Å². The van der Waals surface area contributed by atoms with Gasteiger partial charge in [0, 0.05) is 18.9 Å². The molecule has 32 heavy (non-hydrogen) atoms. The first-order valence-corrected chi connectivity index (χ1v) is 10.8. The second-order valence-corrected chi connectivity index (χ2v) is 8.31. The maximum absolute atomic E-state index is 12.5. The van der Waals surface area contributed by atoms with Gasteiger partial charge in [-0.25, -0.2) is 4.98 Å². The zero-order valence-electron chi connectivity index (χ0n) is 17.6. The molecule has 1 amide bonds. The molecule has 166 valence electrons. The lowest BCUT2D eigenvalue weighted by molar-refractivity contribution is -0.137. The van der Waals surface area contributed by atoms with E-state index in [9.17, 15) is 14.7 Å². The number of hydrogen-bond donors (Lipinski definition) is 4. The average molecular weight is 452 g/mol. The quantitative estimate of drug-likeness (QED) is 0.290. The number of carbonyl (C=O) groups is 2. The summed E-state index contributed by atoms with van der Waals surface area (Å²) in [5.74, 6) is -1.55. The van der Waals surface area contributed by atoms with Crippen LogP contribution in [0.4, 0.5) is 5.13 Å². The lowest BCUT2D eigenvalue weighted by Crippen LogP contribution is -2.25. The molecule has 1 atom stereocenters. The molecule has 0 aliphatic heterocycles. The number of carbonyl (C=O) groups excluding carboxylic acids is 1. The molecular formula is C23H25N5O3S. The molecule has 0 aliphatic rings. The summed E-state index contributed by atoms with van der Waals surface area (Å²) >= 11 is 1.38. The number of hydrogen-bond acceptors (Lipinski definition) is 5. The third-order valence-corrected chi connectivity index (χ3v) is 5.91. The van der Waals surface area contributed by atoms with E-state index < -0.39 is 5.97 Å². The molecule has 3 rings (SSSR count). The summed E-state index contributed by atoms with van der Waals surface area (Å²) in [5, 5.41) is 12.6. The SMILES string of the molecule is Cc1nc(N=C(N)N)sc1-c1cccc(CNC(=O)CC(CC(=O)O)c2ccccc2)c1. The molecule has 1 aromatic heterocycles. The van der Waals surface area contributed by atoms with Gasteiger partial charge in [0.05, 0.1) is 17.0 Å². The second kappa shape index (κ2) is 10.5. The summed E-state index contributed by atoms with van der Waals surface area (Å²) < 4.78 is 0. The molecule has 3 aromatic rings. The Bertz CT molecular complexity index is 1120. The first-order chi connectivity index (χ1) is 15.3. The molecule has 0 saturated carbocycles. The number of carboxylic acids is 1. The fourth-order valence-corrected chi connectivity index (χ4v) is 4.33. The molecule has 6 N–H and O–H groups in total. The number of nitrogens with zero attached hydrogens (tertiary/aromatic N) is 2. The largest absolute Gasteiger partial charge is 0.481 e. The smallest absolute Gasteiger partial charge is 0.303 e. The van der Waals surface area contributed by atoms with Gasteiger partial charge in [0.25, 0.3) is 0 Å². The van der Waals surface area contributed by atoms with E-state index in [2.05, 4.69) is 15.3 Å². The molecule has 2 aromatic carbocycles. The van der Waals surface area contributed by atoms with Crippen molar-refractivity contribution >= 4 is 34.3 Å². The molecule has 0 aliphatic carbocycles. The maximum atomic E-state index is 12.5. The number of rotatable bonds is 9. The lowest BCUT2D eigenvalue weighted by Gasteiger charge is -2.15. The minimum atomic E-state index is -0.931. The summed E-state index contributed by atoms with van der Waals surface area (Å²) in [4.78, 5) is 33.1. The maximum Gasteiger partial charge on any atom is 0.303 e. The van der Waals surface area contributed by atoms with Crippen molar-refractivity contribution in [2.24, 2.45) is 16.5 Å². The van der Waals surface area contributed by atoms with E-state index in [1.54, 1.807) is 0 Å². The van der Waals surface area contributed by atoms with Crippen molar-refractivity contribution in [3.63, 3.8) is 0 Å². The summed E-state index contributed by atoms with van der Waals surface area (Å²) in [5.41, 5.74) is 14.4. The predicted octanol–water partition coefficient (Wildman–Crippen LogP) is 3.29. The molecule has 0 spiro atoms. The average Bonchev–Trinajstić information content (AvgIpc) is 3.11. The number of nitrogens with two attached hydrogens (primary N) is 2. The molecule has 0 saturated heterocycles. The fraction of sp³-hybridized carbons (Fsp3) is 0.217. The molecule has 0 fully saturated rings. The number of benzene rings is 2. The van der Waals surface area contributed by atoms with Gasteiger partial charge in [-0.1, -0.05) is 59.9 Å². The van der Waals surface area contributed by atoms with Crippen LogP contribution in [0, 0.1) is 6.92 Å². The van der Waals surface area contributed by atoms with Crippen molar-refractivity contribution in [1.82, 2.24) is 10.3 Å². The number of guanidine groups is 1. The third kappa shape index (κ3) is 6.39. The van der Waals surface area contributed by atoms with Crippen LogP contribution in [0.2, 0.25) is 0 Å². The zero-order chi connectivity index (χ0) is 23.1. The Morgan fingerprint density at radius 1 is 1.12 bits per heavy atom. The Balaban J connectivity index is 1.67. The standard InChI is InChI=1S/C23H25N5O3S/c1-14-21(32-23(27-14)28-22(24)25)17-9-5-6-15(10-17)13-26-19(29)11-18(12-20(30)31)16-7-3-2-4-8-16/h2-10,18H,11-13H2,1H3,(H,26,29)(H,30,31)(H4,24,25,27,28). The van der Waals surface area contributed by atoms with Crippen LogP contribution in [0.5, 0.6) is 0 Å². The van der Waals surface area contributed by atoms with Crippen LogP contribution in [0.3, 0.4) is 0 Å². The van der Waals surface area contributed by atoms with Crippen LogP contribution >= 0.6 is 11.3 Å². The number of aliphatic imine (C=N–C) groups is 1. The second-order valence-electron chi connectivity index (χ2n) is 7.33. The number of thiazole rings is 1. The van der Waals surface area contributed by atoms with Gasteiger partial charge >= 0.3 is 5.97 Å². The predicted molar refractivity (Wildman–Crippen MR) is 126 cm³/mol. The number of amides is 1. The van der Waals surface area contributed by atoms with E-state index >= 15 is 0 Å². The van der Waals surface area contributed by atoms with E-state index in [-0.39, 0.29) is 30.6 Å². The van der Waals surface area contributed by atoms with E-state index in [1.165, 1.54) is 11.3 Å². The van der Waals surface area contributed by atoms with Crippen molar-refractivity contribution < 1.29 is 14.7 Å². The highest BCUT2D eigenvalue weighted by Crippen LogP contribution is 2.34. The zero-order valence-corrected chi connectivity index (χ0v) is 18.4. The number of nitrogens with one attached hydrogen (secondary N) is 1. The lowest BCUT2D eigenvalue weighted by atomic mass is 9.92. The van der Waals surface area contributed by atoms with Crippen molar-refractivity contribution in [3.05, 3.63) is 71.4 Å². The van der Waals surface area contributed by atoms with Gasteiger partial charge in [0.2, 0.25) is 11.0 Å². The van der Waals surface area contributed by atoms with Crippen LogP contribution in [-0.4, -0.2) is 27.9 Å². The van der Waals surface area contributed by atoms with Gasteiger partial charge in [-0.2, -0.15) is 4.99 Å². The van der Waals surface area contributed by atoms with E-state index in [0.717, 1.165) is 27.3 Å². The highest BCUT2D eigenvalue weighted by molar-refractivity contribution is 7.18. The van der Waals surface area contributed by atoms with Crippen LogP contribution < -0.4 is 16.8 Å². The Labute approximate surface area is 190 Å². The third-order valence-electron chi connectivity index (χ3n) is 4.81. The van der Waals surface area contributed by atoms with Crippen LogP contribution in [0.1, 0.15) is 35.6 Å². The monoisotopic (exact) mass is 451 g/mol. The number of carboxylic acid groups (broad SMARTS) is 1. The normalized spacial score (nSPS) is 11.5. The van der Waals surface area contributed by atoms with Crippen LogP contribution in [-0.2, 0) is 16.1 Å². The van der Waals surface area contributed by atoms with Gasteiger partial charge in [0.15, 0.2) is 5.96 Å². The first kappa shape index (κ1) is 23.0. The number of aromatic nitrogens is 1. The van der Waals surface area contributed by atoms with Crippen molar-refractivity contribution in [1.29, 1.82) is 0 Å². The topological polar surface area (TPSA) is 144 Å². The molecule has 0 bridgehead atoms. The fourth-order valence-electron chi connectivity index (χ4n) is 3.37. The Morgan fingerprint density at radius 3 is 2.56 bits per heavy atom. The highest BCUT2D eigenvalue weighted by atomic mass is 32.1.